The van der Waals surface area contributed by atoms with Crippen LogP contribution in [0.25, 0.3) is 0 Å². The summed E-state index contributed by atoms with van der Waals surface area (Å²) in [6, 6.07) is 18.5. The first kappa shape index (κ1) is 18.7. The smallest absolute Gasteiger partial charge is 0.276 e. The molecule has 4 rings (SSSR count). The van der Waals surface area contributed by atoms with Crippen LogP contribution in [0.1, 0.15) is 32.0 Å². The van der Waals surface area contributed by atoms with Crippen molar-refractivity contribution in [1.29, 1.82) is 0 Å². The fraction of sp³-hybridized carbons (Fsp3) is 0.174. The van der Waals surface area contributed by atoms with E-state index in [-0.39, 0.29) is 17.5 Å². The van der Waals surface area contributed by atoms with Gasteiger partial charge in [-0.2, -0.15) is 0 Å². The Morgan fingerprint density at radius 1 is 1.10 bits per heavy atom. The Morgan fingerprint density at radius 2 is 1.90 bits per heavy atom. The largest absolute Gasteiger partial charge is 0.497 e. The van der Waals surface area contributed by atoms with Crippen LogP contribution in [0.5, 0.6) is 5.75 Å². The summed E-state index contributed by atoms with van der Waals surface area (Å²) < 4.78 is 5.13. The summed E-state index contributed by atoms with van der Waals surface area (Å²) >= 11 is 0. The summed E-state index contributed by atoms with van der Waals surface area (Å²) in [6.45, 7) is 1.00. The number of pyridine rings is 1. The minimum atomic E-state index is -0.251. The second-order valence-electron chi connectivity index (χ2n) is 6.80. The molecule has 0 fully saturated rings. The highest BCUT2D eigenvalue weighted by Gasteiger charge is 2.26. The number of hydrogen-bond donors (Lipinski definition) is 1. The van der Waals surface area contributed by atoms with Crippen molar-refractivity contribution in [2.45, 2.75) is 13.0 Å². The quantitative estimate of drug-likeness (QED) is 0.730. The molecular formula is C23H21N3O3. The third-order valence-corrected chi connectivity index (χ3v) is 4.99. The molecule has 6 nitrogen and oxygen atoms in total. The Bertz CT molecular complexity index is 1050. The first-order chi connectivity index (χ1) is 14.2. The molecule has 0 saturated carbocycles. The lowest BCUT2D eigenvalue weighted by molar-refractivity contribution is 0.0951. The lowest BCUT2D eigenvalue weighted by atomic mass is 10.1. The number of anilines is 1. The van der Waals surface area contributed by atoms with E-state index >= 15 is 0 Å². The monoisotopic (exact) mass is 387 g/mol. The molecule has 0 atom stereocenters. The average molecular weight is 387 g/mol. The van der Waals surface area contributed by atoms with Gasteiger partial charge in [-0.1, -0.05) is 30.3 Å². The molecule has 2 aromatic carbocycles. The van der Waals surface area contributed by atoms with Crippen molar-refractivity contribution < 1.29 is 14.3 Å². The van der Waals surface area contributed by atoms with Crippen molar-refractivity contribution in [1.82, 2.24) is 10.3 Å². The third-order valence-electron chi connectivity index (χ3n) is 4.99. The fourth-order valence-electron chi connectivity index (χ4n) is 3.40. The maximum absolute atomic E-state index is 12.9. The van der Waals surface area contributed by atoms with Gasteiger partial charge in [-0.05, 0) is 47.9 Å². The Morgan fingerprint density at radius 3 is 2.69 bits per heavy atom. The average Bonchev–Trinajstić information content (AvgIpc) is 3.21. The molecule has 1 N–H and O–H groups in total. The Labute approximate surface area is 169 Å². The molecular weight excluding hydrogens is 366 g/mol. The molecule has 2 amide bonds. The number of rotatable bonds is 5. The van der Waals surface area contributed by atoms with Gasteiger partial charge in [0, 0.05) is 30.5 Å². The van der Waals surface area contributed by atoms with Crippen LogP contribution in [-0.2, 0) is 13.0 Å². The number of hydrogen-bond acceptors (Lipinski definition) is 4. The van der Waals surface area contributed by atoms with Crippen LogP contribution in [0.3, 0.4) is 0 Å². The number of carbonyl (C=O) groups excluding carboxylic acids is 2. The Balaban J connectivity index is 1.45. The molecule has 1 aliphatic heterocycles. The number of amides is 2. The minimum absolute atomic E-state index is 0.195. The molecule has 146 valence electrons. The van der Waals surface area contributed by atoms with E-state index in [1.807, 2.05) is 48.5 Å². The van der Waals surface area contributed by atoms with Crippen LogP contribution in [0.2, 0.25) is 0 Å². The van der Waals surface area contributed by atoms with E-state index in [0.717, 1.165) is 29.0 Å². The third kappa shape index (κ3) is 3.96. The number of ether oxygens (including phenoxy) is 1. The number of nitrogens with zero attached hydrogens (tertiary/aromatic N) is 2. The molecule has 2 heterocycles. The highest BCUT2D eigenvalue weighted by molar-refractivity contribution is 6.07. The van der Waals surface area contributed by atoms with Crippen LogP contribution in [0.15, 0.2) is 66.9 Å². The summed E-state index contributed by atoms with van der Waals surface area (Å²) in [6.07, 6.45) is 2.32. The van der Waals surface area contributed by atoms with Crippen molar-refractivity contribution in [3.8, 4) is 5.75 Å². The fourth-order valence-corrected chi connectivity index (χ4v) is 3.40. The first-order valence-corrected chi connectivity index (χ1v) is 9.42. The standard InChI is InChI=1S/C23H21N3O3/c1-29-19-8-6-16(7-9-19)15-25-22(27)18-10-12-24-20(14-18)23(28)26-13-11-17-4-2-3-5-21(17)26/h2-10,12,14H,11,13,15H2,1H3,(H,25,27). The van der Waals surface area contributed by atoms with Gasteiger partial charge in [0.1, 0.15) is 11.4 Å². The van der Waals surface area contributed by atoms with Crippen LogP contribution < -0.4 is 15.0 Å². The molecule has 0 bridgehead atoms. The van der Waals surface area contributed by atoms with Gasteiger partial charge in [0.25, 0.3) is 11.8 Å². The van der Waals surface area contributed by atoms with Gasteiger partial charge in [-0.3, -0.25) is 14.6 Å². The van der Waals surface area contributed by atoms with Gasteiger partial charge >= 0.3 is 0 Å². The molecule has 1 aliphatic rings. The number of para-hydroxylation sites is 1. The zero-order chi connectivity index (χ0) is 20.2. The van der Waals surface area contributed by atoms with E-state index < -0.39 is 0 Å². The van der Waals surface area contributed by atoms with Crippen molar-refractivity contribution in [2.75, 3.05) is 18.6 Å². The van der Waals surface area contributed by atoms with Crippen LogP contribution in [0, 0.1) is 0 Å². The molecule has 0 unspecified atom stereocenters. The Kier molecular flexibility index (Phi) is 5.24. The van der Waals surface area contributed by atoms with Gasteiger partial charge in [0.05, 0.1) is 7.11 Å². The highest BCUT2D eigenvalue weighted by atomic mass is 16.5. The number of carbonyl (C=O) groups is 2. The highest BCUT2D eigenvalue weighted by Crippen LogP contribution is 2.28. The molecule has 0 saturated heterocycles. The van der Waals surface area contributed by atoms with Crippen LogP contribution >= 0.6 is 0 Å². The number of aromatic nitrogens is 1. The summed E-state index contributed by atoms with van der Waals surface area (Å²) in [5, 5.41) is 2.87. The van der Waals surface area contributed by atoms with Crippen molar-refractivity contribution >= 4 is 17.5 Å². The van der Waals surface area contributed by atoms with E-state index in [0.29, 0.717) is 18.7 Å². The van der Waals surface area contributed by atoms with Gasteiger partial charge in [-0.15, -0.1) is 0 Å². The number of methoxy groups -OCH3 is 1. The predicted molar refractivity (Wildman–Crippen MR) is 110 cm³/mol. The predicted octanol–water partition coefficient (Wildman–Crippen LogP) is 3.22. The molecule has 0 aliphatic carbocycles. The lowest BCUT2D eigenvalue weighted by Crippen LogP contribution is -2.30. The zero-order valence-corrected chi connectivity index (χ0v) is 16.1. The minimum Gasteiger partial charge on any atom is -0.497 e. The maximum atomic E-state index is 12.9. The molecule has 6 heteroatoms. The summed E-state index contributed by atoms with van der Waals surface area (Å²) in [4.78, 5) is 31.4. The van der Waals surface area contributed by atoms with E-state index in [1.165, 1.54) is 6.20 Å². The van der Waals surface area contributed by atoms with Crippen LogP contribution in [0.4, 0.5) is 5.69 Å². The topological polar surface area (TPSA) is 71.5 Å². The first-order valence-electron chi connectivity index (χ1n) is 9.42. The molecule has 1 aromatic heterocycles. The van der Waals surface area contributed by atoms with E-state index in [9.17, 15) is 9.59 Å². The summed E-state index contributed by atoms with van der Waals surface area (Å²) in [5.41, 5.74) is 3.68. The molecule has 0 radical (unpaired) electrons. The van der Waals surface area contributed by atoms with Gasteiger partial charge in [0.15, 0.2) is 0 Å². The summed E-state index contributed by atoms with van der Waals surface area (Å²) in [5.74, 6) is 0.319. The van der Waals surface area contributed by atoms with Crippen molar-refractivity contribution in [3.05, 3.63) is 89.2 Å². The zero-order valence-electron chi connectivity index (χ0n) is 16.1. The lowest BCUT2D eigenvalue weighted by Gasteiger charge is -2.17. The number of benzene rings is 2. The second kappa shape index (κ2) is 8.14. The van der Waals surface area contributed by atoms with Crippen molar-refractivity contribution in [2.24, 2.45) is 0 Å². The van der Waals surface area contributed by atoms with E-state index in [1.54, 1.807) is 24.1 Å². The number of fused-ring (bicyclic) bond motifs is 1. The summed E-state index contributed by atoms with van der Waals surface area (Å²) in [7, 11) is 1.61. The van der Waals surface area contributed by atoms with E-state index in [2.05, 4.69) is 10.3 Å². The molecule has 3 aromatic rings. The maximum Gasteiger partial charge on any atom is 0.276 e. The van der Waals surface area contributed by atoms with E-state index in [4.69, 9.17) is 4.74 Å². The molecule has 0 spiro atoms. The van der Waals surface area contributed by atoms with Gasteiger partial charge in [0.2, 0.25) is 0 Å². The van der Waals surface area contributed by atoms with Crippen molar-refractivity contribution in [3.63, 3.8) is 0 Å². The van der Waals surface area contributed by atoms with Gasteiger partial charge < -0.3 is 15.0 Å². The SMILES string of the molecule is COc1ccc(CNC(=O)c2ccnc(C(=O)N3CCc4ccccc43)c2)cc1. The molecule has 29 heavy (non-hydrogen) atoms. The number of nitrogens with one attached hydrogen (secondary N) is 1. The second-order valence-corrected chi connectivity index (χ2v) is 6.80. The Hall–Kier alpha value is -3.67. The van der Waals surface area contributed by atoms with Gasteiger partial charge in [-0.25, -0.2) is 0 Å². The van der Waals surface area contributed by atoms with Crippen LogP contribution in [-0.4, -0.2) is 30.5 Å². The normalized spacial score (nSPS) is 12.4.